The second-order valence-corrected chi connectivity index (χ2v) is 5.70. The number of nitrogens with one attached hydrogen (secondary N) is 1. The van der Waals surface area contributed by atoms with Crippen molar-refractivity contribution in [1.29, 1.82) is 0 Å². The van der Waals surface area contributed by atoms with Gasteiger partial charge < -0.3 is 11.1 Å². The molecular formula is C18H30N2O. The molecular weight excluding hydrogens is 260 g/mol. The van der Waals surface area contributed by atoms with Crippen LogP contribution in [0.4, 0.5) is 5.69 Å². The number of amides is 1. The van der Waals surface area contributed by atoms with Crippen molar-refractivity contribution in [1.82, 2.24) is 5.32 Å². The predicted octanol–water partition coefficient (Wildman–Crippen LogP) is 4.07. The molecule has 1 aromatic carbocycles. The summed E-state index contributed by atoms with van der Waals surface area (Å²) in [6.07, 6.45) is 10.7. The molecule has 0 spiro atoms. The molecule has 0 atom stereocenters. The van der Waals surface area contributed by atoms with Crippen LogP contribution in [0.15, 0.2) is 24.3 Å². The SMILES string of the molecule is CCCCCCCCCCNC(=O)Cc1ccccc1N. The van der Waals surface area contributed by atoms with Crippen molar-refractivity contribution in [3.05, 3.63) is 29.8 Å². The number of anilines is 1. The third kappa shape index (κ3) is 8.38. The standard InChI is InChI=1S/C18H30N2O/c1-2-3-4-5-6-7-8-11-14-20-18(21)15-16-12-9-10-13-17(16)19/h9-10,12-13H,2-8,11,14-15,19H2,1H3,(H,20,21). The molecule has 0 aliphatic heterocycles. The van der Waals surface area contributed by atoms with Crippen LogP contribution in [-0.2, 0) is 11.2 Å². The molecule has 0 aliphatic carbocycles. The number of carbonyl (C=O) groups excluding carboxylic acids is 1. The van der Waals surface area contributed by atoms with Gasteiger partial charge in [-0.05, 0) is 18.1 Å². The first-order valence-electron chi connectivity index (χ1n) is 8.34. The molecule has 3 nitrogen and oxygen atoms in total. The van der Waals surface area contributed by atoms with Gasteiger partial charge in [-0.15, -0.1) is 0 Å². The highest BCUT2D eigenvalue weighted by atomic mass is 16.1. The van der Waals surface area contributed by atoms with E-state index in [1.54, 1.807) is 0 Å². The van der Waals surface area contributed by atoms with E-state index in [1.165, 1.54) is 44.9 Å². The van der Waals surface area contributed by atoms with E-state index in [1.807, 2.05) is 24.3 Å². The number of benzene rings is 1. The van der Waals surface area contributed by atoms with Crippen LogP contribution in [0.3, 0.4) is 0 Å². The molecule has 0 aromatic heterocycles. The molecule has 1 aromatic rings. The van der Waals surface area contributed by atoms with Crippen molar-refractivity contribution in [3.8, 4) is 0 Å². The second-order valence-electron chi connectivity index (χ2n) is 5.70. The molecule has 1 rings (SSSR count). The smallest absolute Gasteiger partial charge is 0.224 e. The molecule has 1 amide bonds. The van der Waals surface area contributed by atoms with Crippen LogP contribution >= 0.6 is 0 Å². The van der Waals surface area contributed by atoms with Crippen molar-refractivity contribution in [2.24, 2.45) is 0 Å². The fraction of sp³-hybridized carbons (Fsp3) is 0.611. The zero-order valence-corrected chi connectivity index (χ0v) is 13.4. The average molecular weight is 290 g/mol. The summed E-state index contributed by atoms with van der Waals surface area (Å²) >= 11 is 0. The van der Waals surface area contributed by atoms with Crippen LogP contribution in [0.2, 0.25) is 0 Å². The van der Waals surface area contributed by atoms with Crippen molar-refractivity contribution >= 4 is 11.6 Å². The average Bonchev–Trinajstić information content (AvgIpc) is 2.48. The van der Waals surface area contributed by atoms with Gasteiger partial charge in [0.2, 0.25) is 5.91 Å². The Labute approximate surface area is 129 Å². The lowest BCUT2D eigenvalue weighted by Crippen LogP contribution is -2.26. The minimum atomic E-state index is 0.0656. The van der Waals surface area contributed by atoms with Gasteiger partial charge in [-0.1, -0.05) is 70.1 Å². The summed E-state index contributed by atoms with van der Waals surface area (Å²) in [5, 5.41) is 2.98. The van der Waals surface area contributed by atoms with E-state index in [9.17, 15) is 4.79 Å². The third-order valence-electron chi connectivity index (χ3n) is 3.76. The minimum absolute atomic E-state index is 0.0656. The van der Waals surface area contributed by atoms with Gasteiger partial charge in [-0.25, -0.2) is 0 Å². The number of para-hydroxylation sites is 1. The highest BCUT2D eigenvalue weighted by Crippen LogP contribution is 2.11. The maximum absolute atomic E-state index is 11.8. The van der Waals surface area contributed by atoms with Gasteiger partial charge in [-0.2, -0.15) is 0 Å². The van der Waals surface area contributed by atoms with E-state index in [0.717, 1.165) is 18.5 Å². The Hall–Kier alpha value is -1.51. The topological polar surface area (TPSA) is 55.1 Å². The number of hydrogen-bond acceptors (Lipinski definition) is 2. The van der Waals surface area contributed by atoms with E-state index in [0.29, 0.717) is 12.1 Å². The Bertz CT molecular complexity index is 404. The van der Waals surface area contributed by atoms with Gasteiger partial charge in [0, 0.05) is 12.2 Å². The van der Waals surface area contributed by atoms with E-state index < -0.39 is 0 Å². The molecule has 0 saturated carbocycles. The molecule has 3 heteroatoms. The Kier molecular flexibility index (Phi) is 9.34. The van der Waals surface area contributed by atoms with E-state index in [-0.39, 0.29) is 5.91 Å². The van der Waals surface area contributed by atoms with Gasteiger partial charge >= 0.3 is 0 Å². The Balaban J connectivity index is 2.00. The number of unbranched alkanes of at least 4 members (excludes halogenated alkanes) is 7. The maximum atomic E-state index is 11.8. The lowest BCUT2D eigenvalue weighted by molar-refractivity contribution is -0.120. The first-order chi connectivity index (χ1) is 10.2. The van der Waals surface area contributed by atoms with Crippen LogP contribution in [0.1, 0.15) is 63.9 Å². The predicted molar refractivity (Wildman–Crippen MR) is 90.2 cm³/mol. The summed E-state index contributed by atoms with van der Waals surface area (Å²) in [5.41, 5.74) is 7.44. The summed E-state index contributed by atoms with van der Waals surface area (Å²) in [5.74, 6) is 0.0656. The van der Waals surface area contributed by atoms with E-state index in [4.69, 9.17) is 5.73 Å². The van der Waals surface area contributed by atoms with E-state index in [2.05, 4.69) is 12.2 Å². The van der Waals surface area contributed by atoms with Crippen molar-refractivity contribution in [2.45, 2.75) is 64.7 Å². The summed E-state index contributed by atoms with van der Waals surface area (Å²) in [6, 6.07) is 7.54. The zero-order chi connectivity index (χ0) is 15.3. The van der Waals surface area contributed by atoms with Gasteiger partial charge in [0.15, 0.2) is 0 Å². The summed E-state index contributed by atoms with van der Waals surface area (Å²) in [6.45, 7) is 3.02. The molecule has 0 bridgehead atoms. The largest absolute Gasteiger partial charge is 0.398 e. The molecule has 0 aliphatic rings. The van der Waals surface area contributed by atoms with E-state index >= 15 is 0 Å². The van der Waals surface area contributed by atoms with Crippen molar-refractivity contribution < 1.29 is 4.79 Å². The first kappa shape index (κ1) is 17.5. The Morgan fingerprint density at radius 1 is 1.00 bits per heavy atom. The van der Waals surface area contributed by atoms with Crippen LogP contribution in [0.5, 0.6) is 0 Å². The lowest BCUT2D eigenvalue weighted by atomic mass is 10.1. The van der Waals surface area contributed by atoms with Gasteiger partial charge in [-0.3, -0.25) is 4.79 Å². The molecule has 118 valence electrons. The molecule has 0 fully saturated rings. The molecule has 0 heterocycles. The Morgan fingerprint density at radius 3 is 2.29 bits per heavy atom. The zero-order valence-electron chi connectivity index (χ0n) is 13.4. The number of nitrogen functional groups attached to an aromatic ring is 1. The van der Waals surface area contributed by atoms with Gasteiger partial charge in [0.1, 0.15) is 0 Å². The highest BCUT2D eigenvalue weighted by molar-refractivity contribution is 5.80. The Morgan fingerprint density at radius 2 is 1.62 bits per heavy atom. The fourth-order valence-electron chi connectivity index (χ4n) is 2.42. The molecule has 3 N–H and O–H groups in total. The molecule has 0 saturated heterocycles. The fourth-order valence-corrected chi connectivity index (χ4v) is 2.42. The normalized spacial score (nSPS) is 10.5. The van der Waals surface area contributed by atoms with Crippen LogP contribution in [-0.4, -0.2) is 12.5 Å². The summed E-state index contributed by atoms with van der Waals surface area (Å²) in [4.78, 5) is 11.8. The maximum Gasteiger partial charge on any atom is 0.224 e. The minimum Gasteiger partial charge on any atom is -0.398 e. The second kappa shape index (κ2) is 11.2. The number of rotatable bonds is 11. The highest BCUT2D eigenvalue weighted by Gasteiger charge is 2.04. The van der Waals surface area contributed by atoms with Crippen LogP contribution in [0, 0.1) is 0 Å². The monoisotopic (exact) mass is 290 g/mol. The number of carbonyl (C=O) groups is 1. The van der Waals surface area contributed by atoms with Crippen LogP contribution in [0.25, 0.3) is 0 Å². The quantitative estimate of drug-likeness (QED) is 0.477. The van der Waals surface area contributed by atoms with Crippen LogP contribution < -0.4 is 11.1 Å². The van der Waals surface area contributed by atoms with Crippen molar-refractivity contribution in [3.63, 3.8) is 0 Å². The van der Waals surface area contributed by atoms with Gasteiger partial charge in [0.25, 0.3) is 0 Å². The summed E-state index contributed by atoms with van der Waals surface area (Å²) in [7, 11) is 0. The lowest BCUT2D eigenvalue weighted by Gasteiger charge is -2.07. The number of nitrogens with two attached hydrogens (primary N) is 1. The summed E-state index contributed by atoms with van der Waals surface area (Å²) < 4.78 is 0. The molecule has 0 unspecified atom stereocenters. The number of hydrogen-bond donors (Lipinski definition) is 2. The third-order valence-corrected chi connectivity index (χ3v) is 3.76. The van der Waals surface area contributed by atoms with Crippen molar-refractivity contribution in [2.75, 3.05) is 12.3 Å². The van der Waals surface area contributed by atoms with Gasteiger partial charge in [0.05, 0.1) is 6.42 Å². The first-order valence-corrected chi connectivity index (χ1v) is 8.34. The molecule has 0 radical (unpaired) electrons. The molecule has 21 heavy (non-hydrogen) atoms.